The number of halogens is 1. The van der Waals surface area contributed by atoms with E-state index in [1.54, 1.807) is 24.3 Å². The molecule has 35 heavy (non-hydrogen) atoms. The molecule has 0 aromatic heterocycles. The number of fused-ring (bicyclic) bond motifs is 2. The Bertz CT molecular complexity index is 1320. The van der Waals surface area contributed by atoms with Gasteiger partial charge < -0.3 is 19.5 Å². The standard InChI is InChI=1S/C27H23BrN2O5/c1-17(18-10-11-23-24(14-18)34-13-12-33-23)29-26(31)16-30-21-8-4-5-9-22(21)35-25(27(30)32)15-19-6-2-3-7-20(19)28/h2-11,14-15,17H,12-13,16H2,1H3,(H,29,31)/b25-15+. The van der Waals surface area contributed by atoms with Crippen LogP contribution in [0.5, 0.6) is 17.2 Å². The Balaban J connectivity index is 1.36. The summed E-state index contributed by atoms with van der Waals surface area (Å²) in [5, 5.41) is 2.98. The SMILES string of the molecule is CC(NC(=O)CN1C(=O)/C(=C\c2ccccc2Br)Oc2ccccc21)c1ccc2c(c1)OCCO2. The summed E-state index contributed by atoms with van der Waals surface area (Å²) in [6, 6.07) is 20.0. The summed E-state index contributed by atoms with van der Waals surface area (Å²) >= 11 is 3.50. The van der Waals surface area contributed by atoms with E-state index >= 15 is 0 Å². The second kappa shape index (κ2) is 9.84. The number of ether oxygens (including phenoxy) is 3. The lowest BCUT2D eigenvalue weighted by Gasteiger charge is -2.30. The highest BCUT2D eigenvalue weighted by Gasteiger charge is 2.32. The molecular weight excluding hydrogens is 512 g/mol. The molecule has 0 radical (unpaired) electrons. The van der Waals surface area contributed by atoms with Crippen LogP contribution in [0, 0.1) is 0 Å². The smallest absolute Gasteiger partial charge is 0.294 e. The highest BCUT2D eigenvalue weighted by atomic mass is 79.9. The lowest BCUT2D eigenvalue weighted by molar-refractivity contribution is -0.123. The van der Waals surface area contributed by atoms with E-state index in [1.165, 1.54) is 4.90 Å². The summed E-state index contributed by atoms with van der Waals surface area (Å²) in [5.74, 6) is 1.33. The Kier molecular flexibility index (Phi) is 6.46. The monoisotopic (exact) mass is 534 g/mol. The van der Waals surface area contributed by atoms with Gasteiger partial charge >= 0.3 is 0 Å². The maximum atomic E-state index is 13.4. The zero-order valence-corrected chi connectivity index (χ0v) is 20.6. The highest BCUT2D eigenvalue weighted by Crippen LogP contribution is 2.36. The van der Waals surface area contributed by atoms with Crippen LogP contribution < -0.4 is 24.4 Å². The first-order valence-corrected chi connectivity index (χ1v) is 12.0. The molecule has 1 N–H and O–H groups in total. The maximum Gasteiger partial charge on any atom is 0.294 e. The van der Waals surface area contributed by atoms with E-state index in [-0.39, 0.29) is 30.2 Å². The summed E-state index contributed by atoms with van der Waals surface area (Å²) in [6.07, 6.45) is 1.67. The molecule has 3 aromatic carbocycles. The van der Waals surface area contributed by atoms with Gasteiger partial charge in [-0.2, -0.15) is 0 Å². The van der Waals surface area contributed by atoms with Gasteiger partial charge in [0, 0.05) is 4.47 Å². The van der Waals surface area contributed by atoms with Crippen molar-refractivity contribution in [2.24, 2.45) is 0 Å². The molecule has 2 aliphatic rings. The van der Waals surface area contributed by atoms with Crippen LogP contribution in [0.4, 0.5) is 5.69 Å². The van der Waals surface area contributed by atoms with Crippen LogP contribution >= 0.6 is 15.9 Å². The van der Waals surface area contributed by atoms with Crippen LogP contribution in [0.2, 0.25) is 0 Å². The molecule has 2 amide bonds. The van der Waals surface area contributed by atoms with Gasteiger partial charge in [-0.05, 0) is 54.5 Å². The van der Waals surface area contributed by atoms with E-state index in [9.17, 15) is 9.59 Å². The first kappa shape index (κ1) is 23.0. The minimum absolute atomic E-state index is 0.142. The van der Waals surface area contributed by atoms with Crippen molar-refractivity contribution in [3.05, 3.63) is 88.1 Å². The summed E-state index contributed by atoms with van der Waals surface area (Å²) in [5.41, 5.74) is 2.22. The fourth-order valence-electron chi connectivity index (χ4n) is 4.00. The predicted molar refractivity (Wildman–Crippen MR) is 136 cm³/mol. The van der Waals surface area contributed by atoms with Crippen molar-refractivity contribution >= 4 is 39.5 Å². The molecule has 1 unspecified atom stereocenters. The molecule has 0 saturated heterocycles. The Morgan fingerprint density at radius 3 is 2.60 bits per heavy atom. The number of rotatable bonds is 5. The number of benzene rings is 3. The minimum atomic E-state index is -0.387. The first-order valence-electron chi connectivity index (χ1n) is 11.2. The number of nitrogens with one attached hydrogen (secondary N) is 1. The van der Waals surface area contributed by atoms with E-state index in [0.29, 0.717) is 36.1 Å². The lowest BCUT2D eigenvalue weighted by Crippen LogP contribution is -2.44. The van der Waals surface area contributed by atoms with Crippen LogP contribution in [-0.2, 0) is 9.59 Å². The number of carbonyl (C=O) groups is 2. The van der Waals surface area contributed by atoms with E-state index in [0.717, 1.165) is 15.6 Å². The van der Waals surface area contributed by atoms with Gasteiger partial charge in [-0.15, -0.1) is 0 Å². The van der Waals surface area contributed by atoms with E-state index < -0.39 is 0 Å². The third-order valence-electron chi connectivity index (χ3n) is 5.77. The maximum absolute atomic E-state index is 13.4. The second-order valence-electron chi connectivity index (χ2n) is 8.18. The Hall–Kier alpha value is -3.78. The van der Waals surface area contributed by atoms with Gasteiger partial charge in [-0.25, -0.2) is 0 Å². The van der Waals surface area contributed by atoms with Crippen LogP contribution in [0.25, 0.3) is 6.08 Å². The van der Waals surface area contributed by atoms with Crippen molar-refractivity contribution in [3.63, 3.8) is 0 Å². The molecule has 8 heteroatoms. The third kappa shape index (κ3) is 4.88. The van der Waals surface area contributed by atoms with E-state index in [1.807, 2.05) is 55.5 Å². The average molecular weight is 535 g/mol. The number of carbonyl (C=O) groups excluding carboxylic acids is 2. The van der Waals surface area contributed by atoms with Crippen LogP contribution in [-0.4, -0.2) is 31.6 Å². The van der Waals surface area contributed by atoms with E-state index in [2.05, 4.69) is 21.2 Å². The molecule has 0 aliphatic carbocycles. The molecule has 7 nitrogen and oxygen atoms in total. The quantitative estimate of drug-likeness (QED) is 0.473. The zero-order valence-electron chi connectivity index (χ0n) is 19.0. The molecule has 0 fully saturated rings. The molecule has 0 saturated carbocycles. The summed E-state index contributed by atoms with van der Waals surface area (Å²) in [7, 11) is 0. The van der Waals surface area contributed by atoms with Gasteiger partial charge in [0.25, 0.3) is 5.91 Å². The van der Waals surface area contributed by atoms with Gasteiger partial charge in [-0.1, -0.05) is 52.3 Å². The number of hydrogen-bond acceptors (Lipinski definition) is 5. The topological polar surface area (TPSA) is 77.1 Å². The molecule has 5 rings (SSSR count). The molecule has 2 aliphatic heterocycles. The summed E-state index contributed by atoms with van der Waals surface area (Å²) < 4.78 is 18.0. The molecule has 0 bridgehead atoms. The van der Waals surface area contributed by atoms with Gasteiger partial charge in [-0.3, -0.25) is 14.5 Å². The average Bonchev–Trinajstić information content (AvgIpc) is 2.87. The highest BCUT2D eigenvalue weighted by molar-refractivity contribution is 9.10. The Morgan fingerprint density at radius 1 is 1.03 bits per heavy atom. The number of anilines is 1. The molecule has 0 spiro atoms. The predicted octanol–water partition coefficient (Wildman–Crippen LogP) is 4.86. The van der Waals surface area contributed by atoms with Crippen LogP contribution in [0.3, 0.4) is 0 Å². The minimum Gasteiger partial charge on any atom is -0.486 e. The Morgan fingerprint density at radius 2 is 1.77 bits per heavy atom. The van der Waals surface area contributed by atoms with Gasteiger partial charge in [0.15, 0.2) is 23.0 Å². The van der Waals surface area contributed by atoms with Crippen molar-refractivity contribution < 1.29 is 23.8 Å². The molecule has 1 atom stereocenters. The lowest BCUT2D eigenvalue weighted by atomic mass is 10.1. The van der Waals surface area contributed by atoms with Crippen LogP contribution in [0.15, 0.2) is 77.0 Å². The summed E-state index contributed by atoms with van der Waals surface area (Å²) in [6.45, 7) is 2.74. The number of nitrogens with zero attached hydrogens (tertiary/aromatic N) is 1. The van der Waals surface area contributed by atoms with Gasteiger partial charge in [0.1, 0.15) is 19.8 Å². The van der Waals surface area contributed by atoms with Crippen molar-refractivity contribution in [1.82, 2.24) is 5.32 Å². The van der Waals surface area contributed by atoms with Gasteiger partial charge in [0.05, 0.1) is 11.7 Å². The van der Waals surface area contributed by atoms with Gasteiger partial charge in [0.2, 0.25) is 5.91 Å². The first-order chi connectivity index (χ1) is 17.0. The second-order valence-corrected chi connectivity index (χ2v) is 9.04. The van der Waals surface area contributed by atoms with E-state index in [4.69, 9.17) is 14.2 Å². The third-order valence-corrected chi connectivity index (χ3v) is 6.49. The molecule has 3 aromatic rings. The molecular formula is C27H23BrN2O5. The fourth-order valence-corrected chi connectivity index (χ4v) is 4.40. The Labute approximate surface area is 211 Å². The van der Waals surface area contributed by atoms with Crippen molar-refractivity contribution in [2.45, 2.75) is 13.0 Å². The summed E-state index contributed by atoms with van der Waals surface area (Å²) in [4.78, 5) is 27.8. The number of amides is 2. The number of hydrogen-bond donors (Lipinski definition) is 1. The molecule has 2 heterocycles. The van der Waals surface area contributed by atoms with Crippen molar-refractivity contribution in [3.8, 4) is 17.2 Å². The van der Waals surface area contributed by atoms with Crippen LogP contribution in [0.1, 0.15) is 24.1 Å². The fraction of sp³-hybridized carbons (Fsp3) is 0.185. The number of para-hydroxylation sites is 2. The zero-order chi connectivity index (χ0) is 24.4. The normalized spacial score (nSPS) is 16.3. The largest absolute Gasteiger partial charge is 0.486 e. The van der Waals surface area contributed by atoms with Crippen molar-refractivity contribution in [2.75, 3.05) is 24.7 Å². The molecule has 178 valence electrons. The van der Waals surface area contributed by atoms with Crippen molar-refractivity contribution in [1.29, 1.82) is 0 Å².